The Morgan fingerprint density at radius 3 is 1.25 bits per heavy atom. The third-order valence-corrected chi connectivity index (χ3v) is 18.1. The molecule has 16 nitrogen and oxygen atoms in total. The molecule has 10 atom stereocenters. The highest BCUT2D eigenvalue weighted by molar-refractivity contribution is 8.00. The lowest BCUT2D eigenvalue weighted by atomic mass is 9.83. The first-order valence-electron chi connectivity index (χ1n) is 24.4. The van der Waals surface area contributed by atoms with Crippen LogP contribution in [0.2, 0.25) is 0 Å². The number of carbonyl (C=O) groups excluding carboxylic acids is 6. The zero-order valence-corrected chi connectivity index (χ0v) is 47.2. The van der Waals surface area contributed by atoms with E-state index in [1.54, 1.807) is 81.5 Å². The third kappa shape index (κ3) is 12.8. The Labute approximate surface area is 456 Å². The number of thiocarbonyl (C=S) groups is 2. The summed E-state index contributed by atoms with van der Waals surface area (Å²) < 4.78 is 0. The van der Waals surface area contributed by atoms with Gasteiger partial charge in [-0.25, -0.2) is 0 Å². The van der Waals surface area contributed by atoms with E-state index in [1.165, 1.54) is 0 Å². The van der Waals surface area contributed by atoms with Gasteiger partial charge in [-0.15, -0.1) is 48.3 Å². The monoisotopic (exact) mass is 1110 g/mol. The first-order chi connectivity index (χ1) is 33.3. The topological polar surface area (TPSA) is 188 Å². The van der Waals surface area contributed by atoms with E-state index in [0.717, 1.165) is 0 Å². The largest absolute Gasteiger partial charge is 0.367 e. The molecule has 0 radical (unpaired) electrons. The smallest absolute Gasteiger partial charge is 0.249 e. The van der Waals surface area contributed by atoms with Crippen molar-refractivity contribution in [3.63, 3.8) is 0 Å². The van der Waals surface area contributed by atoms with Crippen molar-refractivity contribution in [2.75, 3.05) is 51.8 Å². The van der Waals surface area contributed by atoms with E-state index in [2.05, 4.69) is 31.9 Å². The number of piperazine rings is 1. The highest BCUT2D eigenvalue weighted by Gasteiger charge is 2.56. The lowest BCUT2D eigenvalue weighted by molar-refractivity contribution is -0.147. The van der Waals surface area contributed by atoms with Crippen molar-refractivity contribution in [1.82, 2.24) is 51.5 Å². The number of nitrogens with zero attached hydrogens (tertiary/aromatic N) is 4. The van der Waals surface area contributed by atoms with Gasteiger partial charge in [-0.1, -0.05) is 113 Å². The molecule has 396 valence electrons. The molecular formula is C50H72Cl2N10O6S4. The SMILES string of the molecule is CN[C@@H](C)C(=S)N[C@H]1CCS[C@H]2CC(C)(C)[C@@H](C(=O)N[C@H](C(=O)N3CCN(C(=O)[C@@H](NC(=O)[C@H]4N5C(=O)[C@@H](NC(=S)[C@H](C)NC)CCS[C@H]5CC4(C)C)c4ccccc4)CC3)c3ccccc3)N2C1=O.Cl.Cl. The number of carbonyl (C=O) groups is 6. The van der Waals surface area contributed by atoms with Crippen LogP contribution in [0.3, 0.4) is 0 Å². The number of hydrogen-bond donors (Lipinski definition) is 6. The third-order valence-electron chi connectivity index (χ3n) is 14.6. The highest BCUT2D eigenvalue weighted by atomic mass is 35.5. The van der Waals surface area contributed by atoms with Crippen molar-refractivity contribution >= 4 is 118 Å². The van der Waals surface area contributed by atoms with Crippen LogP contribution >= 0.6 is 72.8 Å². The minimum Gasteiger partial charge on any atom is -0.367 e. The zero-order chi connectivity index (χ0) is 50.7. The molecular weight excluding hydrogens is 1040 g/mol. The predicted molar refractivity (Wildman–Crippen MR) is 298 cm³/mol. The second kappa shape index (κ2) is 25.2. The minimum atomic E-state index is -1.06. The first kappa shape index (κ1) is 59.1. The number of nitrogens with one attached hydrogen (secondary N) is 6. The second-order valence-corrected chi connectivity index (χ2v) is 23.9. The van der Waals surface area contributed by atoms with Crippen molar-refractivity contribution in [1.29, 1.82) is 0 Å². The Morgan fingerprint density at radius 2 is 0.931 bits per heavy atom. The number of halogens is 2. The fourth-order valence-electron chi connectivity index (χ4n) is 10.4. The van der Waals surface area contributed by atoms with Gasteiger partial charge >= 0.3 is 0 Å². The number of benzene rings is 2. The Morgan fingerprint density at radius 1 is 0.597 bits per heavy atom. The maximum Gasteiger partial charge on any atom is 0.249 e. The van der Waals surface area contributed by atoms with E-state index in [-0.39, 0.29) is 97.5 Å². The van der Waals surface area contributed by atoms with Crippen molar-refractivity contribution in [2.45, 2.75) is 126 Å². The molecule has 22 heteroatoms. The average Bonchev–Trinajstić information content (AvgIpc) is 3.67. The number of thioether (sulfide) groups is 2. The van der Waals surface area contributed by atoms with Gasteiger partial charge in [-0.2, -0.15) is 0 Å². The van der Waals surface area contributed by atoms with Gasteiger partial charge in [0.2, 0.25) is 35.4 Å². The Hall–Kier alpha value is -3.76. The molecule has 0 unspecified atom stereocenters. The summed E-state index contributed by atoms with van der Waals surface area (Å²) in [6.07, 6.45) is 2.33. The summed E-state index contributed by atoms with van der Waals surface area (Å²) in [6.45, 7) is 12.5. The highest BCUT2D eigenvalue weighted by Crippen LogP contribution is 2.48. The number of fused-ring (bicyclic) bond motifs is 2. The Bertz CT molecular complexity index is 2140. The molecule has 0 spiro atoms. The van der Waals surface area contributed by atoms with Crippen LogP contribution < -0.4 is 31.9 Å². The molecule has 5 aliphatic rings. The molecule has 72 heavy (non-hydrogen) atoms. The van der Waals surface area contributed by atoms with Gasteiger partial charge in [0.25, 0.3) is 0 Å². The van der Waals surface area contributed by atoms with E-state index in [4.69, 9.17) is 24.4 Å². The summed E-state index contributed by atoms with van der Waals surface area (Å²) in [7, 11) is 3.61. The molecule has 5 fully saturated rings. The number of amides is 6. The van der Waals surface area contributed by atoms with Gasteiger partial charge in [0.1, 0.15) is 36.3 Å². The van der Waals surface area contributed by atoms with Crippen LogP contribution in [0.1, 0.15) is 90.4 Å². The van der Waals surface area contributed by atoms with Crippen LogP contribution in [0.25, 0.3) is 0 Å². The van der Waals surface area contributed by atoms with Crippen molar-refractivity contribution in [2.24, 2.45) is 10.8 Å². The van der Waals surface area contributed by atoms with Crippen LogP contribution in [0.5, 0.6) is 0 Å². The normalized spacial score (nSPS) is 26.1. The van der Waals surface area contributed by atoms with Gasteiger partial charge in [-0.3, -0.25) is 28.8 Å². The number of rotatable bonds is 14. The van der Waals surface area contributed by atoms with E-state index in [9.17, 15) is 28.8 Å². The Balaban J connectivity index is 0.00000481. The van der Waals surface area contributed by atoms with Gasteiger partial charge < -0.3 is 51.5 Å². The van der Waals surface area contributed by atoms with Gasteiger partial charge in [-0.05, 0) is 87.1 Å². The van der Waals surface area contributed by atoms with Gasteiger partial charge in [0.05, 0.1) is 32.8 Å². The summed E-state index contributed by atoms with van der Waals surface area (Å²) in [5, 5.41) is 18.5. The summed E-state index contributed by atoms with van der Waals surface area (Å²) in [6, 6.07) is 12.9. The standard InChI is InChI=1S/C50H70N10O6S4.2ClH/c1-29(51-7)43(67)53-33-19-25-69-35-27-49(3,4)39(59(35)45(33)63)41(61)55-37(31-15-11-9-12-16-31)47(65)57-21-23-58(24-22-57)48(66)38(32-17-13-10-14-18-32)56-42(62)40-50(5,6)28-36-60(40)46(64)34(20-26-70-36)54-44(68)30(2)52-8;;/h9-18,29-30,33-40,51-52H,19-28H2,1-8H3,(H,53,67)(H,54,68)(H,55,61)(H,56,62);2*1H/t29-,30-,33-,34-,35-,36-,37-,38-,39+,40+;;/m0../s1. The van der Waals surface area contributed by atoms with Gasteiger partial charge in [0.15, 0.2) is 0 Å². The fourth-order valence-corrected chi connectivity index (χ4v) is 14.1. The van der Waals surface area contributed by atoms with E-state index in [1.807, 2.05) is 77.9 Å². The van der Waals surface area contributed by atoms with Crippen LogP contribution in [-0.2, 0) is 28.8 Å². The van der Waals surface area contributed by atoms with Crippen LogP contribution in [0, 0.1) is 10.8 Å². The Kier molecular flexibility index (Phi) is 20.7. The molecule has 5 heterocycles. The fraction of sp³-hybridized carbons (Fsp3) is 0.600. The molecule has 6 amide bonds. The molecule has 0 saturated carbocycles. The molecule has 6 N–H and O–H groups in total. The first-order valence-corrected chi connectivity index (χ1v) is 27.3. The molecule has 0 aliphatic carbocycles. The van der Waals surface area contributed by atoms with E-state index in [0.29, 0.717) is 58.3 Å². The lowest BCUT2D eigenvalue weighted by Gasteiger charge is -2.39. The van der Waals surface area contributed by atoms with Crippen LogP contribution in [0.15, 0.2) is 60.7 Å². The summed E-state index contributed by atoms with van der Waals surface area (Å²) in [4.78, 5) is 95.6. The van der Waals surface area contributed by atoms with Crippen LogP contribution in [0.4, 0.5) is 0 Å². The molecule has 0 aromatic heterocycles. The average molecular weight is 1110 g/mol. The second-order valence-electron chi connectivity index (χ2n) is 20.4. The maximum atomic E-state index is 14.7. The molecule has 0 bridgehead atoms. The number of hydrogen-bond acceptors (Lipinski definition) is 12. The molecule has 2 aromatic rings. The lowest BCUT2D eigenvalue weighted by Crippen LogP contribution is -2.60. The van der Waals surface area contributed by atoms with Crippen molar-refractivity contribution < 1.29 is 28.8 Å². The summed E-state index contributed by atoms with van der Waals surface area (Å²) in [5.74, 6) is -0.440. The molecule has 5 saturated heterocycles. The maximum absolute atomic E-state index is 14.7. The van der Waals surface area contributed by atoms with Crippen molar-refractivity contribution in [3.05, 3.63) is 71.8 Å². The van der Waals surface area contributed by atoms with E-state index >= 15 is 0 Å². The number of likely N-dealkylation sites (N-methyl/N-ethyl adjacent to an activating group) is 2. The predicted octanol–water partition coefficient (Wildman–Crippen LogP) is 4.18. The van der Waals surface area contributed by atoms with Crippen LogP contribution in [-0.4, -0.2) is 164 Å². The van der Waals surface area contributed by atoms with Crippen molar-refractivity contribution in [3.8, 4) is 0 Å². The molecule has 5 aliphatic heterocycles. The van der Waals surface area contributed by atoms with E-state index < -0.39 is 58.9 Å². The van der Waals surface area contributed by atoms with Gasteiger partial charge in [0, 0.05) is 26.2 Å². The quantitative estimate of drug-likeness (QED) is 0.148. The zero-order valence-electron chi connectivity index (χ0n) is 42.3. The summed E-state index contributed by atoms with van der Waals surface area (Å²) in [5.41, 5.74) is -0.0168. The summed E-state index contributed by atoms with van der Waals surface area (Å²) >= 11 is 14.6. The molecule has 7 rings (SSSR count). The molecule has 2 aromatic carbocycles. The minimum absolute atomic E-state index is 0.